The van der Waals surface area contributed by atoms with Gasteiger partial charge in [0.25, 0.3) is 0 Å². The molecule has 0 aliphatic carbocycles. The second kappa shape index (κ2) is 8.20. The van der Waals surface area contributed by atoms with Crippen molar-refractivity contribution < 1.29 is 9.47 Å². The highest BCUT2D eigenvalue weighted by atomic mass is 16.5. The number of hydrogen-bond acceptors (Lipinski definition) is 4. The molecule has 0 aromatic carbocycles. The van der Waals surface area contributed by atoms with Crippen molar-refractivity contribution in [2.45, 2.75) is 32.1 Å². The highest BCUT2D eigenvalue weighted by molar-refractivity contribution is 4.91. The Hall–Kier alpha value is -0.160. The zero-order chi connectivity index (χ0) is 13.4. The molecule has 0 aromatic heterocycles. The predicted molar refractivity (Wildman–Crippen MR) is 77.5 cm³/mol. The quantitative estimate of drug-likeness (QED) is 0.711. The molecule has 2 aliphatic rings. The second-order valence-electron chi connectivity index (χ2n) is 6.12. The van der Waals surface area contributed by atoms with Crippen LogP contribution in [0.5, 0.6) is 0 Å². The van der Waals surface area contributed by atoms with Crippen LogP contribution in [-0.2, 0) is 9.47 Å². The van der Waals surface area contributed by atoms with Crippen LogP contribution in [0.25, 0.3) is 0 Å². The maximum absolute atomic E-state index is 5.68. The average Bonchev–Trinajstić information content (AvgIpc) is 2.44. The summed E-state index contributed by atoms with van der Waals surface area (Å²) in [4.78, 5) is 2.60. The van der Waals surface area contributed by atoms with Gasteiger partial charge in [0.05, 0.1) is 6.61 Å². The van der Waals surface area contributed by atoms with Crippen molar-refractivity contribution in [2.24, 2.45) is 5.41 Å². The van der Waals surface area contributed by atoms with Gasteiger partial charge in [-0.1, -0.05) is 0 Å². The third-order valence-electron chi connectivity index (χ3n) is 4.49. The van der Waals surface area contributed by atoms with Gasteiger partial charge in [-0.3, -0.25) is 0 Å². The minimum absolute atomic E-state index is 0.562. The lowest BCUT2D eigenvalue weighted by Crippen LogP contribution is -2.51. The first kappa shape index (κ1) is 15.2. The van der Waals surface area contributed by atoms with Crippen LogP contribution in [0.1, 0.15) is 32.1 Å². The number of rotatable bonds is 7. The van der Waals surface area contributed by atoms with E-state index in [0.29, 0.717) is 5.41 Å². The molecule has 0 bridgehead atoms. The van der Waals surface area contributed by atoms with E-state index in [1.165, 1.54) is 51.9 Å². The van der Waals surface area contributed by atoms with Gasteiger partial charge in [0.15, 0.2) is 0 Å². The van der Waals surface area contributed by atoms with Crippen molar-refractivity contribution >= 4 is 0 Å². The molecule has 1 spiro atoms. The Bertz CT molecular complexity index is 237. The van der Waals surface area contributed by atoms with Crippen LogP contribution in [0.3, 0.4) is 0 Å². The van der Waals surface area contributed by atoms with E-state index in [-0.39, 0.29) is 0 Å². The molecule has 2 rings (SSSR count). The SMILES string of the molecule is COCCCOCCN1CCCC2(CCCNC2)C1. The fraction of sp³-hybridized carbons (Fsp3) is 1.00. The second-order valence-corrected chi connectivity index (χ2v) is 6.12. The summed E-state index contributed by atoms with van der Waals surface area (Å²) in [6.45, 7) is 8.54. The summed E-state index contributed by atoms with van der Waals surface area (Å²) in [7, 11) is 1.74. The standard InChI is InChI=1S/C15H30N2O2/c1-18-10-4-11-19-12-9-17-8-3-6-15(14-17)5-2-7-16-13-15/h16H,2-14H2,1H3. The first-order valence-corrected chi connectivity index (χ1v) is 7.84. The van der Waals surface area contributed by atoms with Crippen molar-refractivity contribution in [3.8, 4) is 0 Å². The highest BCUT2D eigenvalue weighted by Crippen LogP contribution is 2.35. The Morgan fingerprint density at radius 1 is 1.16 bits per heavy atom. The lowest BCUT2D eigenvalue weighted by Gasteiger charge is -2.45. The molecule has 0 amide bonds. The fourth-order valence-electron chi connectivity index (χ4n) is 3.48. The first-order valence-electron chi connectivity index (χ1n) is 7.84. The van der Waals surface area contributed by atoms with Crippen molar-refractivity contribution in [3.05, 3.63) is 0 Å². The molecule has 0 saturated carbocycles. The average molecular weight is 270 g/mol. The van der Waals surface area contributed by atoms with Gasteiger partial charge >= 0.3 is 0 Å². The molecule has 1 N–H and O–H groups in total. The van der Waals surface area contributed by atoms with Crippen molar-refractivity contribution in [1.82, 2.24) is 10.2 Å². The van der Waals surface area contributed by atoms with E-state index in [9.17, 15) is 0 Å². The van der Waals surface area contributed by atoms with Gasteiger partial charge in [0.2, 0.25) is 0 Å². The van der Waals surface area contributed by atoms with E-state index in [1.807, 2.05) is 0 Å². The minimum Gasteiger partial charge on any atom is -0.385 e. The van der Waals surface area contributed by atoms with E-state index < -0.39 is 0 Å². The van der Waals surface area contributed by atoms with Crippen LogP contribution >= 0.6 is 0 Å². The molecule has 2 aliphatic heterocycles. The molecule has 2 fully saturated rings. The Balaban J connectivity index is 1.61. The number of piperidine rings is 2. The van der Waals surface area contributed by atoms with Gasteiger partial charge in [0.1, 0.15) is 0 Å². The van der Waals surface area contributed by atoms with Crippen LogP contribution in [0.2, 0.25) is 0 Å². The van der Waals surface area contributed by atoms with Gasteiger partial charge < -0.3 is 19.7 Å². The maximum atomic E-state index is 5.68. The van der Waals surface area contributed by atoms with Crippen LogP contribution in [0, 0.1) is 5.41 Å². The first-order chi connectivity index (χ1) is 9.35. The highest BCUT2D eigenvalue weighted by Gasteiger charge is 2.36. The molecule has 112 valence electrons. The molecule has 0 radical (unpaired) electrons. The van der Waals surface area contributed by atoms with E-state index >= 15 is 0 Å². The van der Waals surface area contributed by atoms with Crippen molar-refractivity contribution in [2.75, 3.05) is 59.7 Å². The number of nitrogens with one attached hydrogen (secondary N) is 1. The molecule has 1 unspecified atom stereocenters. The zero-order valence-electron chi connectivity index (χ0n) is 12.5. The van der Waals surface area contributed by atoms with Gasteiger partial charge in [-0.25, -0.2) is 0 Å². The van der Waals surface area contributed by atoms with E-state index in [4.69, 9.17) is 9.47 Å². The molecular formula is C15H30N2O2. The Kier molecular flexibility index (Phi) is 6.57. The topological polar surface area (TPSA) is 33.7 Å². The third kappa shape index (κ3) is 5.03. The van der Waals surface area contributed by atoms with Gasteiger partial charge in [-0.15, -0.1) is 0 Å². The molecule has 4 nitrogen and oxygen atoms in total. The number of hydrogen-bond donors (Lipinski definition) is 1. The summed E-state index contributed by atoms with van der Waals surface area (Å²) < 4.78 is 10.7. The number of nitrogens with zero attached hydrogens (tertiary/aromatic N) is 1. The van der Waals surface area contributed by atoms with Crippen LogP contribution < -0.4 is 5.32 Å². The van der Waals surface area contributed by atoms with Crippen molar-refractivity contribution in [1.29, 1.82) is 0 Å². The lowest BCUT2D eigenvalue weighted by molar-refractivity contribution is 0.0341. The number of methoxy groups -OCH3 is 1. The molecular weight excluding hydrogens is 240 g/mol. The van der Waals surface area contributed by atoms with Gasteiger partial charge in [-0.05, 0) is 50.6 Å². The Morgan fingerprint density at radius 2 is 2.05 bits per heavy atom. The van der Waals surface area contributed by atoms with Crippen molar-refractivity contribution in [3.63, 3.8) is 0 Å². The lowest BCUT2D eigenvalue weighted by atomic mass is 9.74. The zero-order valence-corrected chi connectivity index (χ0v) is 12.5. The van der Waals surface area contributed by atoms with Crippen LogP contribution in [0.15, 0.2) is 0 Å². The predicted octanol–water partition coefficient (Wildman–Crippen LogP) is 1.51. The number of likely N-dealkylation sites (tertiary alicyclic amines) is 1. The minimum atomic E-state index is 0.562. The summed E-state index contributed by atoms with van der Waals surface area (Å²) in [6.07, 6.45) is 6.52. The molecule has 4 heteroatoms. The monoisotopic (exact) mass is 270 g/mol. The smallest absolute Gasteiger partial charge is 0.0593 e. The van der Waals surface area contributed by atoms with Gasteiger partial charge in [-0.2, -0.15) is 0 Å². The summed E-state index contributed by atoms with van der Waals surface area (Å²) in [5.41, 5.74) is 0.562. The maximum Gasteiger partial charge on any atom is 0.0593 e. The molecule has 2 saturated heterocycles. The normalized spacial score (nSPS) is 28.9. The number of ether oxygens (including phenoxy) is 2. The third-order valence-corrected chi connectivity index (χ3v) is 4.49. The Morgan fingerprint density at radius 3 is 2.84 bits per heavy atom. The Labute approximate surface area is 117 Å². The van der Waals surface area contributed by atoms with Crippen LogP contribution in [0.4, 0.5) is 0 Å². The fourth-order valence-corrected chi connectivity index (χ4v) is 3.48. The molecule has 19 heavy (non-hydrogen) atoms. The van der Waals surface area contributed by atoms with Gasteiger partial charge in [0, 0.05) is 40.0 Å². The summed E-state index contributed by atoms with van der Waals surface area (Å²) in [6, 6.07) is 0. The van der Waals surface area contributed by atoms with E-state index in [1.54, 1.807) is 7.11 Å². The van der Waals surface area contributed by atoms with E-state index in [2.05, 4.69) is 10.2 Å². The van der Waals surface area contributed by atoms with Crippen LogP contribution in [-0.4, -0.2) is 64.6 Å². The largest absolute Gasteiger partial charge is 0.385 e. The molecule has 0 aromatic rings. The summed E-state index contributed by atoms with van der Waals surface area (Å²) >= 11 is 0. The summed E-state index contributed by atoms with van der Waals surface area (Å²) in [5.74, 6) is 0. The summed E-state index contributed by atoms with van der Waals surface area (Å²) in [5, 5.41) is 3.58. The molecule has 2 heterocycles. The molecule has 1 atom stereocenters. The van der Waals surface area contributed by atoms with E-state index in [0.717, 1.165) is 32.8 Å².